The van der Waals surface area contributed by atoms with Gasteiger partial charge in [0.05, 0.1) is 13.3 Å². The number of hydrogen-bond donors (Lipinski definition) is 2. The number of nitrogens with one attached hydrogen (secondary N) is 2. The lowest BCUT2D eigenvalue weighted by atomic mass is 9.95. The number of amides is 1. The minimum Gasteiger partial charge on any atom is -0.496 e. The summed E-state index contributed by atoms with van der Waals surface area (Å²) in [5, 5.41) is 5.24. The Kier molecular flexibility index (Phi) is 4.99. The molecule has 1 heterocycles. The second-order valence-corrected chi connectivity index (χ2v) is 7.55. The lowest BCUT2D eigenvalue weighted by molar-refractivity contribution is 0.0955. The van der Waals surface area contributed by atoms with Crippen LogP contribution in [0.4, 0.5) is 0 Å². The average Bonchev–Trinajstić information content (AvgIpc) is 3.06. The molecule has 0 saturated heterocycles. The highest BCUT2D eigenvalue weighted by atomic mass is 79.9. The van der Waals surface area contributed by atoms with Crippen molar-refractivity contribution >= 4 is 39.0 Å². The summed E-state index contributed by atoms with van der Waals surface area (Å²) >= 11 is 3.42. The maximum absolute atomic E-state index is 12.5. The topological polar surface area (TPSA) is 66.5 Å². The van der Waals surface area contributed by atoms with Gasteiger partial charge in [0.2, 0.25) is 0 Å². The number of methoxy groups -OCH3 is 1. The van der Waals surface area contributed by atoms with Gasteiger partial charge in [-0.3, -0.25) is 4.79 Å². The third kappa shape index (κ3) is 3.62. The molecular formula is C21H20BrN3O2. The predicted octanol–water partition coefficient (Wildman–Crippen LogP) is 4.58. The number of nitrogens with zero attached hydrogens (tertiary/aromatic N) is 1. The molecule has 1 aromatic heterocycles. The summed E-state index contributed by atoms with van der Waals surface area (Å²) in [4.78, 5) is 16.0. The number of hydrogen-bond acceptors (Lipinski definition) is 3. The van der Waals surface area contributed by atoms with Gasteiger partial charge < -0.3 is 9.72 Å². The normalized spacial score (nSPS) is 13.7. The number of fused-ring (bicyclic) bond motifs is 3. The number of halogens is 1. The Morgan fingerprint density at radius 3 is 2.93 bits per heavy atom. The molecule has 0 spiro atoms. The second-order valence-electron chi connectivity index (χ2n) is 6.63. The van der Waals surface area contributed by atoms with E-state index in [-0.39, 0.29) is 5.91 Å². The molecule has 0 atom stereocenters. The van der Waals surface area contributed by atoms with Gasteiger partial charge in [0.25, 0.3) is 5.91 Å². The number of aryl methyl sites for hydroxylation is 2. The molecule has 4 rings (SSSR count). The van der Waals surface area contributed by atoms with Gasteiger partial charge in [-0.1, -0.05) is 15.9 Å². The summed E-state index contributed by atoms with van der Waals surface area (Å²) in [6.07, 6.45) is 6.17. The Morgan fingerprint density at radius 1 is 1.22 bits per heavy atom. The van der Waals surface area contributed by atoms with Gasteiger partial charge in [0.1, 0.15) is 5.75 Å². The van der Waals surface area contributed by atoms with Crippen LogP contribution in [0.3, 0.4) is 0 Å². The maximum atomic E-state index is 12.5. The highest BCUT2D eigenvalue weighted by Crippen LogP contribution is 2.29. The van der Waals surface area contributed by atoms with Gasteiger partial charge in [0, 0.05) is 32.2 Å². The number of carbonyl (C=O) groups is 1. The van der Waals surface area contributed by atoms with Crippen LogP contribution in [-0.2, 0) is 12.8 Å². The van der Waals surface area contributed by atoms with Crippen LogP contribution in [0.25, 0.3) is 10.9 Å². The van der Waals surface area contributed by atoms with E-state index in [0.717, 1.165) is 33.8 Å². The zero-order valence-electron chi connectivity index (χ0n) is 15.0. The van der Waals surface area contributed by atoms with Crippen molar-refractivity contribution < 1.29 is 9.53 Å². The quantitative estimate of drug-likeness (QED) is 0.474. The molecule has 3 aromatic rings. The summed E-state index contributed by atoms with van der Waals surface area (Å²) < 4.78 is 6.22. The number of aromatic amines is 1. The van der Waals surface area contributed by atoms with E-state index >= 15 is 0 Å². The van der Waals surface area contributed by atoms with E-state index in [1.54, 1.807) is 13.3 Å². The first-order valence-electron chi connectivity index (χ1n) is 8.96. The third-order valence-corrected chi connectivity index (χ3v) is 5.41. The number of carbonyl (C=O) groups excluding carboxylic acids is 1. The van der Waals surface area contributed by atoms with Crippen LogP contribution in [0.5, 0.6) is 5.75 Å². The third-order valence-electron chi connectivity index (χ3n) is 4.92. The van der Waals surface area contributed by atoms with Gasteiger partial charge in [-0.2, -0.15) is 5.10 Å². The standard InChI is InChI=1S/C21H20BrN3O2/c1-27-20-9-7-15(22)10-14(20)12-23-25-21(26)13-6-8-19-17(11-13)16-4-2-3-5-18(16)24-19/h6-12,24H,2-5H2,1H3,(H,25,26)/b23-12-. The molecule has 0 bridgehead atoms. The zero-order chi connectivity index (χ0) is 18.8. The SMILES string of the molecule is COc1ccc(Br)cc1/C=N\NC(=O)c1ccc2[nH]c3c(c2c1)CCCC3. The fraction of sp³-hybridized carbons (Fsp3) is 0.238. The maximum Gasteiger partial charge on any atom is 0.271 e. The molecule has 2 aromatic carbocycles. The predicted molar refractivity (Wildman–Crippen MR) is 111 cm³/mol. The van der Waals surface area contributed by atoms with Crippen molar-refractivity contribution in [2.45, 2.75) is 25.7 Å². The molecule has 0 radical (unpaired) electrons. The van der Waals surface area contributed by atoms with Crippen molar-refractivity contribution in [1.82, 2.24) is 10.4 Å². The van der Waals surface area contributed by atoms with E-state index in [0.29, 0.717) is 11.3 Å². The smallest absolute Gasteiger partial charge is 0.271 e. The van der Waals surface area contributed by atoms with E-state index in [4.69, 9.17) is 4.74 Å². The van der Waals surface area contributed by atoms with Crippen LogP contribution >= 0.6 is 15.9 Å². The fourth-order valence-electron chi connectivity index (χ4n) is 3.58. The Labute approximate surface area is 165 Å². The van der Waals surface area contributed by atoms with Gasteiger partial charge in [0.15, 0.2) is 0 Å². The lowest BCUT2D eigenvalue weighted by Gasteiger charge is -2.10. The van der Waals surface area contributed by atoms with E-state index in [1.165, 1.54) is 24.1 Å². The molecular weight excluding hydrogens is 406 g/mol. The summed E-state index contributed by atoms with van der Waals surface area (Å²) in [6.45, 7) is 0. The first-order chi connectivity index (χ1) is 13.2. The van der Waals surface area contributed by atoms with Crippen molar-refractivity contribution in [3.05, 3.63) is 63.3 Å². The molecule has 27 heavy (non-hydrogen) atoms. The van der Waals surface area contributed by atoms with Crippen molar-refractivity contribution in [3.8, 4) is 5.75 Å². The van der Waals surface area contributed by atoms with Crippen LogP contribution in [-0.4, -0.2) is 24.2 Å². The van der Waals surface area contributed by atoms with E-state index in [9.17, 15) is 4.79 Å². The first-order valence-corrected chi connectivity index (χ1v) is 9.75. The summed E-state index contributed by atoms with van der Waals surface area (Å²) in [7, 11) is 1.60. The van der Waals surface area contributed by atoms with Crippen LogP contribution < -0.4 is 10.2 Å². The Bertz CT molecular complexity index is 1040. The molecule has 2 N–H and O–H groups in total. The zero-order valence-corrected chi connectivity index (χ0v) is 16.6. The number of aromatic nitrogens is 1. The molecule has 6 heteroatoms. The molecule has 1 aliphatic rings. The summed E-state index contributed by atoms with van der Waals surface area (Å²) in [6, 6.07) is 11.4. The summed E-state index contributed by atoms with van der Waals surface area (Å²) in [5.41, 5.74) is 7.76. The fourth-order valence-corrected chi connectivity index (χ4v) is 3.96. The first kappa shape index (κ1) is 17.8. The Hall–Kier alpha value is -2.60. The van der Waals surface area contributed by atoms with Crippen LogP contribution in [0.1, 0.15) is 40.0 Å². The second kappa shape index (κ2) is 7.56. The highest BCUT2D eigenvalue weighted by Gasteiger charge is 2.16. The molecule has 0 saturated carbocycles. The van der Waals surface area contributed by atoms with E-state index in [1.807, 2.05) is 36.4 Å². The largest absolute Gasteiger partial charge is 0.496 e. The minimum absolute atomic E-state index is 0.229. The summed E-state index contributed by atoms with van der Waals surface area (Å²) in [5.74, 6) is 0.462. The lowest BCUT2D eigenvalue weighted by Crippen LogP contribution is -2.17. The Morgan fingerprint density at radius 2 is 2.07 bits per heavy atom. The van der Waals surface area contributed by atoms with Gasteiger partial charge in [-0.15, -0.1) is 0 Å². The minimum atomic E-state index is -0.229. The van der Waals surface area contributed by atoms with Crippen molar-refractivity contribution in [2.24, 2.45) is 5.10 Å². The van der Waals surface area contributed by atoms with Crippen LogP contribution in [0, 0.1) is 0 Å². The average molecular weight is 426 g/mol. The van der Waals surface area contributed by atoms with Gasteiger partial charge in [-0.25, -0.2) is 5.43 Å². The number of rotatable bonds is 4. The van der Waals surface area contributed by atoms with Crippen LogP contribution in [0.15, 0.2) is 46.0 Å². The molecule has 5 nitrogen and oxygen atoms in total. The molecule has 0 aliphatic heterocycles. The highest BCUT2D eigenvalue weighted by molar-refractivity contribution is 9.10. The molecule has 0 unspecified atom stereocenters. The van der Waals surface area contributed by atoms with Crippen molar-refractivity contribution in [1.29, 1.82) is 0 Å². The molecule has 1 amide bonds. The number of ether oxygens (including phenoxy) is 1. The number of hydrazone groups is 1. The van der Waals surface area contributed by atoms with Crippen molar-refractivity contribution in [3.63, 3.8) is 0 Å². The number of benzene rings is 2. The number of H-pyrrole nitrogens is 1. The molecule has 1 aliphatic carbocycles. The van der Waals surface area contributed by atoms with Crippen molar-refractivity contribution in [2.75, 3.05) is 7.11 Å². The van der Waals surface area contributed by atoms with Gasteiger partial charge in [-0.05, 0) is 67.6 Å². The van der Waals surface area contributed by atoms with Gasteiger partial charge >= 0.3 is 0 Å². The Balaban J connectivity index is 1.54. The van der Waals surface area contributed by atoms with E-state index in [2.05, 4.69) is 31.4 Å². The molecule has 138 valence electrons. The van der Waals surface area contributed by atoms with Crippen LogP contribution in [0.2, 0.25) is 0 Å². The molecule has 0 fully saturated rings. The monoisotopic (exact) mass is 425 g/mol. The van der Waals surface area contributed by atoms with E-state index < -0.39 is 0 Å².